The van der Waals surface area contributed by atoms with E-state index in [9.17, 15) is 23.9 Å². The lowest BCUT2D eigenvalue weighted by atomic mass is 10.1. The molecule has 1 aromatic carbocycles. The van der Waals surface area contributed by atoms with Crippen LogP contribution >= 0.6 is 34.5 Å². The fourth-order valence-electron chi connectivity index (χ4n) is 2.03. The van der Waals surface area contributed by atoms with Gasteiger partial charge < -0.3 is 15.2 Å². The van der Waals surface area contributed by atoms with Crippen LogP contribution in [0.1, 0.15) is 27.0 Å². The average Bonchev–Trinajstić information content (AvgIpc) is 3.05. The van der Waals surface area contributed by atoms with E-state index in [1.54, 1.807) is 0 Å². The number of ether oxygens (including phenoxy) is 1. The van der Waals surface area contributed by atoms with Crippen LogP contribution in [0.3, 0.4) is 0 Å². The van der Waals surface area contributed by atoms with Gasteiger partial charge in [0.15, 0.2) is 12.6 Å². The second-order valence-electron chi connectivity index (χ2n) is 5.45. The smallest absolute Gasteiger partial charge is 0.331 e. The molecule has 144 valence electrons. The first-order valence-electron chi connectivity index (χ1n) is 7.58. The third-order valence-corrected chi connectivity index (χ3v) is 4.90. The average molecular weight is 434 g/mol. The lowest BCUT2D eigenvalue weighted by Gasteiger charge is -2.20. The van der Waals surface area contributed by atoms with Crippen molar-refractivity contribution in [2.45, 2.75) is 19.1 Å². The van der Waals surface area contributed by atoms with E-state index < -0.39 is 47.8 Å². The van der Waals surface area contributed by atoms with Crippen molar-refractivity contribution in [2.24, 2.45) is 0 Å². The first kappa shape index (κ1) is 21.3. The van der Waals surface area contributed by atoms with Crippen molar-refractivity contribution in [3.63, 3.8) is 0 Å². The van der Waals surface area contributed by atoms with E-state index in [2.05, 4.69) is 5.32 Å². The minimum Gasteiger partial charge on any atom is -0.456 e. The number of hydrogen-bond donors (Lipinski definition) is 2. The van der Waals surface area contributed by atoms with Gasteiger partial charge in [-0.15, -0.1) is 11.3 Å². The molecule has 0 saturated carbocycles. The lowest BCUT2D eigenvalue weighted by Crippen LogP contribution is -2.49. The maximum Gasteiger partial charge on any atom is 0.331 e. The summed E-state index contributed by atoms with van der Waals surface area (Å²) in [5.41, 5.74) is -0.398. The largest absolute Gasteiger partial charge is 0.456 e. The Kier molecular flexibility index (Phi) is 7.32. The van der Waals surface area contributed by atoms with E-state index in [0.717, 1.165) is 23.5 Å². The molecule has 0 spiro atoms. The SMILES string of the molecule is C[C@H](O)[C@@H](NC(=O)c1cc(Cl)ccc1F)C(=O)OCC(=O)c1ccc(Cl)s1. The highest BCUT2D eigenvalue weighted by Gasteiger charge is 2.29. The topological polar surface area (TPSA) is 92.7 Å². The van der Waals surface area contributed by atoms with Crippen LogP contribution in [0.25, 0.3) is 0 Å². The minimum atomic E-state index is -1.50. The van der Waals surface area contributed by atoms with Gasteiger partial charge in [-0.1, -0.05) is 23.2 Å². The molecule has 2 atom stereocenters. The maximum absolute atomic E-state index is 13.8. The summed E-state index contributed by atoms with van der Waals surface area (Å²) in [5, 5.41) is 12.1. The molecule has 6 nitrogen and oxygen atoms in total. The normalized spacial score (nSPS) is 12.9. The standard InChI is InChI=1S/C17H14Cl2FNO5S/c1-8(22)15(21-16(24)10-6-9(18)2-3-11(10)20)17(25)26-7-12(23)13-4-5-14(19)27-13/h2-6,8,15,22H,7H2,1H3,(H,21,24)/t8-,15+/m0/s1. The van der Waals surface area contributed by atoms with Gasteiger partial charge in [-0.25, -0.2) is 9.18 Å². The summed E-state index contributed by atoms with van der Waals surface area (Å²) in [5.74, 6) is -3.35. The van der Waals surface area contributed by atoms with Gasteiger partial charge in [0.2, 0.25) is 5.78 Å². The summed E-state index contributed by atoms with van der Waals surface area (Å²) in [6, 6.07) is 4.85. The van der Waals surface area contributed by atoms with Crippen LogP contribution in [0.15, 0.2) is 30.3 Å². The number of nitrogens with one attached hydrogen (secondary N) is 1. The quantitative estimate of drug-likeness (QED) is 0.516. The van der Waals surface area contributed by atoms with Crippen molar-refractivity contribution in [3.8, 4) is 0 Å². The zero-order chi connectivity index (χ0) is 20.1. The molecular formula is C17H14Cl2FNO5S. The Hall–Kier alpha value is -2.00. The number of aliphatic hydroxyl groups excluding tert-OH is 1. The van der Waals surface area contributed by atoms with Crippen LogP contribution in [0.4, 0.5) is 4.39 Å². The number of halogens is 3. The second-order valence-corrected chi connectivity index (χ2v) is 7.60. The van der Waals surface area contributed by atoms with E-state index >= 15 is 0 Å². The van der Waals surface area contributed by atoms with Gasteiger partial charge >= 0.3 is 5.97 Å². The monoisotopic (exact) mass is 433 g/mol. The number of thiophene rings is 1. The van der Waals surface area contributed by atoms with Gasteiger partial charge in [-0.05, 0) is 37.3 Å². The van der Waals surface area contributed by atoms with Crippen molar-refractivity contribution in [1.82, 2.24) is 5.32 Å². The number of carbonyl (C=O) groups excluding carboxylic acids is 3. The molecule has 2 rings (SSSR count). The highest BCUT2D eigenvalue weighted by atomic mass is 35.5. The summed E-state index contributed by atoms with van der Waals surface area (Å²) < 4.78 is 19.0. The van der Waals surface area contributed by atoms with E-state index in [0.29, 0.717) is 9.21 Å². The number of ketones is 1. The summed E-state index contributed by atoms with van der Waals surface area (Å²) in [6.45, 7) is 0.641. The second kappa shape index (κ2) is 9.27. The predicted molar refractivity (Wildman–Crippen MR) is 99.0 cm³/mol. The zero-order valence-corrected chi connectivity index (χ0v) is 16.2. The molecule has 2 N–H and O–H groups in total. The van der Waals surface area contributed by atoms with Gasteiger partial charge in [0, 0.05) is 5.02 Å². The van der Waals surface area contributed by atoms with Gasteiger partial charge in [0.25, 0.3) is 5.91 Å². The Morgan fingerprint density at radius 1 is 1.26 bits per heavy atom. The van der Waals surface area contributed by atoms with Crippen molar-refractivity contribution in [1.29, 1.82) is 0 Å². The third-order valence-electron chi connectivity index (χ3n) is 3.39. The third kappa shape index (κ3) is 5.74. The summed E-state index contributed by atoms with van der Waals surface area (Å²) in [6.07, 6.45) is -1.35. The molecule has 0 fully saturated rings. The number of esters is 1. The molecule has 2 aromatic rings. The molecule has 0 unspecified atom stereocenters. The lowest BCUT2D eigenvalue weighted by molar-refractivity contribution is -0.147. The van der Waals surface area contributed by atoms with Crippen LogP contribution in [0.2, 0.25) is 9.36 Å². The number of Topliss-reactive ketones (excluding diaryl/α,β-unsaturated/α-hetero) is 1. The van der Waals surface area contributed by atoms with Crippen molar-refractivity contribution < 1.29 is 28.6 Å². The Bertz CT molecular complexity index is 871. The van der Waals surface area contributed by atoms with E-state index in [4.69, 9.17) is 27.9 Å². The van der Waals surface area contributed by atoms with Gasteiger partial charge in [0.05, 0.1) is 20.9 Å². The number of hydrogen-bond acceptors (Lipinski definition) is 6. The Morgan fingerprint density at radius 2 is 1.96 bits per heavy atom. The number of aliphatic hydroxyl groups is 1. The molecule has 1 heterocycles. The van der Waals surface area contributed by atoms with Crippen LogP contribution in [0, 0.1) is 5.82 Å². The van der Waals surface area contributed by atoms with Crippen LogP contribution in [-0.4, -0.2) is 41.5 Å². The van der Waals surface area contributed by atoms with Gasteiger partial charge in [-0.2, -0.15) is 0 Å². The maximum atomic E-state index is 13.8. The van der Waals surface area contributed by atoms with Crippen LogP contribution < -0.4 is 5.32 Å². The van der Waals surface area contributed by atoms with Crippen LogP contribution in [0.5, 0.6) is 0 Å². The molecule has 0 aliphatic heterocycles. The molecule has 27 heavy (non-hydrogen) atoms. The molecule has 0 radical (unpaired) electrons. The molecule has 1 aromatic heterocycles. The summed E-state index contributed by atoms with van der Waals surface area (Å²) in [7, 11) is 0. The Labute approximate surface area is 167 Å². The van der Waals surface area contributed by atoms with Crippen molar-refractivity contribution >= 4 is 52.2 Å². The Balaban J connectivity index is 2.03. The fraction of sp³-hybridized carbons (Fsp3) is 0.235. The molecule has 0 saturated heterocycles. The van der Waals surface area contributed by atoms with E-state index in [1.807, 2.05) is 0 Å². The van der Waals surface area contributed by atoms with Crippen molar-refractivity contribution in [2.75, 3.05) is 6.61 Å². The Morgan fingerprint density at radius 3 is 2.56 bits per heavy atom. The molecule has 0 aliphatic carbocycles. The van der Waals surface area contributed by atoms with Gasteiger partial charge in [0.1, 0.15) is 5.82 Å². The van der Waals surface area contributed by atoms with Crippen LogP contribution in [-0.2, 0) is 9.53 Å². The number of rotatable bonds is 7. The first-order valence-corrected chi connectivity index (χ1v) is 9.15. The number of carbonyl (C=O) groups is 3. The summed E-state index contributed by atoms with van der Waals surface area (Å²) in [4.78, 5) is 36.6. The number of amides is 1. The van der Waals surface area contributed by atoms with E-state index in [-0.39, 0.29) is 5.02 Å². The molecule has 0 bridgehead atoms. The predicted octanol–water partition coefficient (Wildman–Crippen LogP) is 3.10. The zero-order valence-electron chi connectivity index (χ0n) is 13.9. The highest BCUT2D eigenvalue weighted by Crippen LogP contribution is 2.22. The van der Waals surface area contributed by atoms with Crippen molar-refractivity contribution in [3.05, 3.63) is 55.9 Å². The summed E-state index contributed by atoms with van der Waals surface area (Å²) >= 11 is 12.5. The molecule has 1 amide bonds. The fourth-order valence-corrected chi connectivity index (χ4v) is 3.17. The molecular weight excluding hydrogens is 420 g/mol. The minimum absolute atomic E-state index is 0.123. The van der Waals surface area contributed by atoms with E-state index in [1.165, 1.54) is 25.1 Å². The highest BCUT2D eigenvalue weighted by molar-refractivity contribution is 7.18. The number of benzene rings is 1. The van der Waals surface area contributed by atoms with Gasteiger partial charge in [-0.3, -0.25) is 9.59 Å². The molecule has 10 heteroatoms. The molecule has 0 aliphatic rings. The first-order chi connectivity index (χ1) is 12.7.